The van der Waals surface area contributed by atoms with E-state index in [-0.39, 0.29) is 11.1 Å². The standard InChI is InChI=1S/C15H12N4O6/c1-17(11-4-2-3-9(7-11)14(16)20)15(21)10-5-6-12(18(22)23)13(8-10)19(24)25/h2-8H,1H3,(H2,16,20). The Morgan fingerprint density at radius 2 is 1.60 bits per heavy atom. The van der Waals surface area contributed by atoms with Gasteiger partial charge in [-0.05, 0) is 24.3 Å². The van der Waals surface area contributed by atoms with Crippen LogP contribution in [0.3, 0.4) is 0 Å². The van der Waals surface area contributed by atoms with Gasteiger partial charge >= 0.3 is 11.4 Å². The molecule has 2 aromatic rings. The van der Waals surface area contributed by atoms with E-state index in [1.807, 2.05) is 0 Å². The van der Waals surface area contributed by atoms with Crippen LogP contribution in [0.1, 0.15) is 20.7 Å². The Bertz CT molecular complexity index is 895. The molecule has 0 aliphatic carbocycles. The zero-order valence-electron chi connectivity index (χ0n) is 12.9. The van der Waals surface area contributed by atoms with Gasteiger partial charge in [0.2, 0.25) is 5.91 Å². The summed E-state index contributed by atoms with van der Waals surface area (Å²) in [5.41, 5.74) is 4.11. The number of nitrogens with two attached hydrogens (primary N) is 1. The molecule has 0 radical (unpaired) electrons. The van der Waals surface area contributed by atoms with Crippen LogP contribution in [0, 0.1) is 20.2 Å². The van der Waals surface area contributed by atoms with Crippen LogP contribution in [0.2, 0.25) is 0 Å². The molecule has 0 spiro atoms. The van der Waals surface area contributed by atoms with Gasteiger partial charge in [0, 0.05) is 36.0 Å². The Kier molecular flexibility index (Phi) is 4.73. The monoisotopic (exact) mass is 344 g/mol. The number of carbonyl (C=O) groups is 2. The highest BCUT2D eigenvalue weighted by atomic mass is 16.6. The molecule has 2 aromatic carbocycles. The third-order valence-corrected chi connectivity index (χ3v) is 3.44. The molecule has 128 valence electrons. The van der Waals surface area contributed by atoms with Crippen molar-refractivity contribution in [2.24, 2.45) is 5.73 Å². The molecule has 0 unspecified atom stereocenters. The van der Waals surface area contributed by atoms with Gasteiger partial charge in [-0.25, -0.2) is 0 Å². The first-order chi connectivity index (χ1) is 11.7. The highest BCUT2D eigenvalue weighted by Gasteiger charge is 2.26. The van der Waals surface area contributed by atoms with Gasteiger partial charge in [0.15, 0.2) is 0 Å². The van der Waals surface area contributed by atoms with E-state index in [9.17, 15) is 29.8 Å². The summed E-state index contributed by atoms with van der Waals surface area (Å²) >= 11 is 0. The zero-order chi connectivity index (χ0) is 18.7. The van der Waals surface area contributed by atoms with E-state index in [1.165, 1.54) is 25.2 Å². The third-order valence-electron chi connectivity index (χ3n) is 3.44. The molecule has 10 nitrogen and oxygen atoms in total. The third kappa shape index (κ3) is 3.58. The lowest BCUT2D eigenvalue weighted by molar-refractivity contribution is -0.422. The van der Waals surface area contributed by atoms with Crippen LogP contribution in [-0.4, -0.2) is 28.7 Å². The van der Waals surface area contributed by atoms with Crippen molar-refractivity contribution in [1.82, 2.24) is 0 Å². The topological polar surface area (TPSA) is 150 Å². The fourth-order valence-corrected chi connectivity index (χ4v) is 2.14. The van der Waals surface area contributed by atoms with Gasteiger partial charge in [0.05, 0.1) is 9.85 Å². The van der Waals surface area contributed by atoms with Crippen molar-refractivity contribution < 1.29 is 19.4 Å². The Labute approximate surface area is 140 Å². The first-order valence-corrected chi connectivity index (χ1v) is 6.83. The van der Waals surface area contributed by atoms with E-state index in [4.69, 9.17) is 5.73 Å². The smallest absolute Gasteiger partial charge is 0.346 e. The lowest BCUT2D eigenvalue weighted by Gasteiger charge is -2.17. The summed E-state index contributed by atoms with van der Waals surface area (Å²) in [7, 11) is 1.40. The molecular weight excluding hydrogens is 332 g/mol. The summed E-state index contributed by atoms with van der Waals surface area (Å²) in [6.07, 6.45) is 0. The Morgan fingerprint density at radius 1 is 0.960 bits per heavy atom. The Balaban J connectivity index is 2.41. The fraction of sp³-hybridized carbons (Fsp3) is 0.0667. The molecule has 0 aromatic heterocycles. The molecule has 0 saturated heterocycles. The predicted molar refractivity (Wildman–Crippen MR) is 87.4 cm³/mol. The number of primary amides is 1. The summed E-state index contributed by atoms with van der Waals surface area (Å²) in [6, 6.07) is 8.80. The maximum atomic E-state index is 12.5. The van der Waals surface area contributed by atoms with Crippen molar-refractivity contribution in [1.29, 1.82) is 0 Å². The first-order valence-electron chi connectivity index (χ1n) is 6.83. The lowest BCUT2D eigenvalue weighted by atomic mass is 10.1. The van der Waals surface area contributed by atoms with Gasteiger partial charge in [-0.15, -0.1) is 0 Å². The van der Waals surface area contributed by atoms with Gasteiger partial charge in [0.25, 0.3) is 5.91 Å². The van der Waals surface area contributed by atoms with E-state index >= 15 is 0 Å². The minimum atomic E-state index is -0.928. The fourth-order valence-electron chi connectivity index (χ4n) is 2.14. The number of nitro groups is 2. The maximum absolute atomic E-state index is 12.5. The van der Waals surface area contributed by atoms with Crippen LogP contribution in [0.15, 0.2) is 42.5 Å². The average Bonchev–Trinajstić information content (AvgIpc) is 2.59. The molecule has 0 saturated carbocycles. The van der Waals surface area contributed by atoms with Crippen molar-refractivity contribution in [2.75, 3.05) is 11.9 Å². The van der Waals surface area contributed by atoms with E-state index in [2.05, 4.69) is 0 Å². The molecule has 0 atom stereocenters. The summed E-state index contributed by atoms with van der Waals surface area (Å²) in [6.45, 7) is 0. The summed E-state index contributed by atoms with van der Waals surface area (Å²) in [5.74, 6) is -1.31. The van der Waals surface area contributed by atoms with Crippen LogP contribution in [-0.2, 0) is 0 Å². The van der Waals surface area contributed by atoms with E-state index in [0.717, 1.165) is 23.1 Å². The van der Waals surface area contributed by atoms with E-state index < -0.39 is 33.0 Å². The van der Waals surface area contributed by atoms with Crippen LogP contribution < -0.4 is 10.6 Å². The number of nitrogens with zero attached hydrogens (tertiary/aromatic N) is 3. The second-order valence-corrected chi connectivity index (χ2v) is 5.00. The molecule has 2 N–H and O–H groups in total. The van der Waals surface area contributed by atoms with Crippen molar-refractivity contribution in [3.63, 3.8) is 0 Å². The first kappa shape index (κ1) is 17.5. The number of anilines is 1. The van der Waals surface area contributed by atoms with Crippen LogP contribution >= 0.6 is 0 Å². The van der Waals surface area contributed by atoms with Gasteiger partial charge < -0.3 is 10.6 Å². The Morgan fingerprint density at radius 3 is 2.16 bits per heavy atom. The minimum absolute atomic E-state index is 0.107. The van der Waals surface area contributed by atoms with Gasteiger partial charge in [-0.3, -0.25) is 29.8 Å². The molecule has 0 bridgehead atoms. The van der Waals surface area contributed by atoms with Crippen LogP contribution in [0.25, 0.3) is 0 Å². The highest BCUT2D eigenvalue weighted by Crippen LogP contribution is 2.28. The number of rotatable bonds is 5. The predicted octanol–water partition coefficient (Wildman–Crippen LogP) is 1.88. The average molecular weight is 344 g/mol. The van der Waals surface area contributed by atoms with Gasteiger partial charge in [0.1, 0.15) is 0 Å². The second kappa shape index (κ2) is 6.74. The van der Waals surface area contributed by atoms with Crippen molar-refractivity contribution in [3.05, 3.63) is 73.8 Å². The number of nitro benzene ring substituents is 2. The maximum Gasteiger partial charge on any atom is 0.346 e. The molecular formula is C15H12N4O6. The summed E-state index contributed by atoms with van der Waals surface area (Å²) in [5, 5.41) is 21.8. The number of hydrogen-bond acceptors (Lipinski definition) is 6. The molecule has 0 fully saturated rings. The largest absolute Gasteiger partial charge is 0.366 e. The minimum Gasteiger partial charge on any atom is -0.366 e. The molecule has 0 aliphatic rings. The highest BCUT2D eigenvalue weighted by molar-refractivity contribution is 6.07. The van der Waals surface area contributed by atoms with Crippen LogP contribution in [0.4, 0.5) is 17.1 Å². The Hall–Kier alpha value is -3.82. The van der Waals surface area contributed by atoms with Crippen LogP contribution in [0.5, 0.6) is 0 Å². The lowest BCUT2D eigenvalue weighted by Crippen LogP contribution is -2.26. The molecule has 25 heavy (non-hydrogen) atoms. The van der Waals surface area contributed by atoms with E-state index in [1.54, 1.807) is 6.07 Å². The van der Waals surface area contributed by atoms with E-state index in [0.29, 0.717) is 5.69 Å². The summed E-state index contributed by atoms with van der Waals surface area (Å²) in [4.78, 5) is 44.9. The number of carbonyl (C=O) groups excluding carboxylic acids is 2. The summed E-state index contributed by atoms with van der Waals surface area (Å²) < 4.78 is 0. The quantitative estimate of drug-likeness (QED) is 0.646. The molecule has 0 heterocycles. The number of benzene rings is 2. The van der Waals surface area contributed by atoms with Crippen molar-refractivity contribution >= 4 is 28.9 Å². The number of hydrogen-bond donors (Lipinski definition) is 1. The normalized spacial score (nSPS) is 10.1. The van der Waals surface area contributed by atoms with Gasteiger partial charge in [-0.2, -0.15) is 0 Å². The second-order valence-electron chi connectivity index (χ2n) is 5.00. The zero-order valence-corrected chi connectivity index (χ0v) is 12.9. The SMILES string of the molecule is CN(C(=O)c1ccc([N+](=O)[O-])c([N+](=O)[O-])c1)c1cccc(C(N)=O)c1. The molecule has 2 amide bonds. The van der Waals surface area contributed by atoms with Crippen molar-refractivity contribution in [2.45, 2.75) is 0 Å². The van der Waals surface area contributed by atoms with Crippen molar-refractivity contribution in [3.8, 4) is 0 Å². The molecule has 2 rings (SSSR count). The molecule has 0 aliphatic heterocycles. The van der Waals surface area contributed by atoms with Gasteiger partial charge in [-0.1, -0.05) is 6.07 Å². The number of amides is 2. The molecule has 10 heteroatoms.